The molecule has 0 aromatic carbocycles. The zero-order chi connectivity index (χ0) is 22.8. The van der Waals surface area contributed by atoms with Gasteiger partial charge in [0.1, 0.15) is 5.75 Å². The van der Waals surface area contributed by atoms with E-state index in [2.05, 4.69) is 9.80 Å². The first kappa shape index (κ1) is 21.9. The van der Waals surface area contributed by atoms with Crippen LogP contribution in [-0.2, 0) is 0 Å². The number of hydrogen-bond acceptors (Lipinski definition) is 7. The van der Waals surface area contributed by atoms with Crippen molar-refractivity contribution in [3.8, 4) is 16.9 Å². The van der Waals surface area contributed by atoms with Crippen molar-refractivity contribution < 1.29 is 10.3 Å². The molecular formula is C25H31N5O3. The molecule has 0 amide bonds. The Labute approximate surface area is 193 Å². The van der Waals surface area contributed by atoms with E-state index in [0.29, 0.717) is 41.2 Å². The lowest BCUT2D eigenvalue weighted by Crippen LogP contribution is -2.28. The van der Waals surface area contributed by atoms with Gasteiger partial charge in [-0.3, -0.25) is 14.8 Å². The highest BCUT2D eigenvalue weighted by Gasteiger charge is 2.29. The number of hydrogen-bond donors (Lipinski definition) is 2. The number of aromatic nitrogens is 1. The molecule has 5 rings (SSSR count). The normalized spacial score (nSPS) is 21.6. The predicted octanol–water partition coefficient (Wildman–Crippen LogP) is 2.24. The topological polar surface area (TPSA) is 93.7 Å². The fourth-order valence-corrected chi connectivity index (χ4v) is 5.09. The monoisotopic (exact) mass is 449 g/mol. The number of allylic oxidation sites excluding steroid dienone is 2. The molecule has 2 fully saturated rings. The minimum Gasteiger partial charge on any atom is -0.507 e. The lowest BCUT2D eigenvalue weighted by atomic mass is 9.86. The molecule has 3 heterocycles. The van der Waals surface area contributed by atoms with E-state index in [4.69, 9.17) is 9.98 Å². The molecule has 8 heteroatoms. The first-order valence-corrected chi connectivity index (χ1v) is 11.9. The summed E-state index contributed by atoms with van der Waals surface area (Å²) in [5.41, 5.74) is 2.41. The molecule has 174 valence electrons. The molecule has 0 aromatic heterocycles. The summed E-state index contributed by atoms with van der Waals surface area (Å²) < 4.78 is 0.837. The summed E-state index contributed by atoms with van der Waals surface area (Å²) in [4.78, 5) is 27.8. The van der Waals surface area contributed by atoms with Gasteiger partial charge in [0.25, 0.3) is 0 Å². The molecule has 3 aliphatic heterocycles. The largest absolute Gasteiger partial charge is 0.507 e. The number of phenols is 1. The van der Waals surface area contributed by atoms with E-state index >= 15 is 0 Å². The van der Waals surface area contributed by atoms with Crippen LogP contribution in [0.2, 0.25) is 0 Å². The van der Waals surface area contributed by atoms with Crippen molar-refractivity contribution in [3.05, 3.63) is 52.0 Å². The number of pyridine rings is 1. The molecular weight excluding hydrogens is 418 g/mol. The minimum absolute atomic E-state index is 0.0108. The number of nitrogens with zero attached hydrogens (tertiary/aromatic N) is 5. The zero-order valence-electron chi connectivity index (χ0n) is 18.9. The highest BCUT2D eigenvalue weighted by Crippen LogP contribution is 2.35. The number of likely N-dealkylation sites (tertiary alicyclic amines) is 2. The quantitative estimate of drug-likeness (QED) is 0.660. The summed E-state index contributed by atoms with van der Waals surface area (Å²) in [7, 11) is 0. The van der Waals surface area contributed by atoms with Crippen LogP contribution in [0.25, 0.3) is 11.1 Å². The summed E-state index contributed by atoms with van der Waals surface area (Å²) >= 11 is 0. The van der Waals surface area contributed by atoms with Gasteiger partial charge in [0, 0.05) is 24.8 Å². The number of fused-ring (bicyclic) bond motifs is 2. The molecule has 0 spiro atoms. The van der Waals surface area contributed by atoms with Gasteiger partial charge in [-0.15, -0.1) is 0 Å². The van der Waals surface area contributed by atoms with Crippen LogP contribution in [-0.4, -0.2) is 88.6 Å². The maximum Gasteiger partial charge on any atom is 0.198 e. The average Bonchev–Trinajstić information content (AvgIpc) is 3.52. The van der Waals surface area contributed by atoms with Gasteiger partial charge in [0.05, 0.1) is 47.4 Å². The Morgan fingerprint density at radius 1 is 0.818 bits per heavy atom. The van der Waals surface area contributed by atoms with Crippen LogP contribution in [0.3, 0.4) is 0 Å². The fraction of sp³-hybridized carbons (Fsp3) is 0.480. The minimum atomic E-state index is -0.252. The number of benzene rings is 1. The van der Waals surface area contributed by atoms with Gasteiger partial charge in [-0.25, -0.2) is 4.73 Å². The van der Waals surface area contributed by atoms with Crippen molar-refractivity contribution in [2.45, 2.75) is 25.7 Å². The number of rotatable bonds is 6. The third-order valence-corrected chi connectivity index (χ3v) is 6.86. The van der Waals surface area contributed by atoms with Crippen molar-refractivity contribution in [3.63, 3.8) is 0 Å². The molecule has 0 radical (unpaired) electrons. The maximum atomic E-state index is 13.5. The second-order valence-corrected chi connectivity index (χ2v) is 9.04. The molecule has 2 N–H and O–H groups in total. The first-order chi connectivity index (χ1) is 16.1. The summed E-state index contributed by atoms with van der Waals surface area (Å²) in [5, 5.41) is 21.1. The molecule has 33 heavy (non-hydrogen) atoms. The van der Waals surface area contributed by atoms with E-state index in [1.165, 1.54) is 38.1 Å². The summed E-state index contributed by atoms with van der Waals surface area (Å²) in [6.07, 6.45) is 11.3. The standard InChI is InChI=1S/C25H31N5O3/c31-24-18-7-14-30(33)17-19(18)25(32)23-21(27-9-16-29-12-3-4-13-29)6-5-20(22(23)24)26-8-15-28-10-1-2-11-28/h5-7,14,17,31,33H,1-4,8-13,15-16H2. The molecule has 0 atom stereocenters. The predicted molar refractivity (Wildman–Crippen MR) is 129 cm³/mol. The Hall–Kier alpha value is -2.97. The Morgan fingerprint density at radius 2 is 1.36 bits per heavy atom. The molecule has 0 saturated carbocycles. The van der Waals surface area contributed by atoms with Gasteiger partial charge in [-0.1, -0.05) is 0 Å². The number of aromatic hydroxyl groups is 1. The van der Waals surface area contributed by atoms with Crippen LogP contribution in [0, 0.1) is 0 Å². The molecule has 2 saturated heterocycles. The van der Waals surface area contributed by atoms with Crippen LogP contribution in [0.1, 0.15) is 36.8 Å². The first-order valence-electron chi connectivity index (χ1n) is 11.9. The second-order valence-electron chi connectivity index (χ2n) is 9.04. The lowest BCUT2D eigenvalue weighted by molar-refractivity contribution is 0.184. The molecule has 2 aliphatic carbocycles. The van der Waals surface area contributed by atoms with Crippen molar-refractivity contribution in [2.24, 2.45) is 9.98 Å². The Bertz CT molecular complexity index is 1140. The van der Waals surface area contributed by atoms with E-state index in [-0.39, 0.29) is 16.7 Å². The molecule has 5 aliphatic rings. The zero-order valence-corrected chi connectivity index (χ0v) is 18.9. The Morgan fingerprint density at radius 3 is 1.94 bits per heavy atom. The SMILES string of the molecule is O=c1c2cn(O)ccc-2c(O)c2c1C(=NCCN1CCCC1)C=CC2=NCCN1CCCC1. The van der Waals surface area contributed by atoms with E-state index in [9.17, 15) is 15.1 Å². The van der Waals surface area contributed by atoms with Crippen LogP contribution in [0.5, 0.6) is 5.75 Å². The fourth-order valence-electron chi connectivity index (χ4n) is 5.09. The van der Waals surface area contributed by atoms with E-state index in [0.717, 1.165) is 44.0 Å². The molecule has 8 nitrogen and oxygen atoms in total. The van der Waals surface area contributed by atoms with Gasteiger partial charge < -0.3 is 20.1 Å². The second kappa shape index (κ2) is 9.49. The number of aliphatic imine (C=N–C) groups is 2. The summed E-state index contributed by atoms with van der Waals surface area (Å²) in [6, 6.07) is 1.55. The summed E-state index contributed by atoms with van der Waals surface area (Å²) in [6.45, 7) is 7.32. The average molecular weight is 450 g/mol. The number of phenolic OH excluding ortho intramolecular Hbond substituents is 1. The molecule has 0 unspecified atom stereocenters. The van der Waals surface area contributed by atoms with Crippen molar-refractivity contribution >= 4 is 11.4 Å². The van der Waals surface area contributed by atoms with E-state index in [1.807, 2.05) is 12.2 Å². The third-order valence-electron chi connectivity index (χ3n) is 6.86. The smallest absolute Gasteiger partial charge is 0.198 e. The van der Waals surface area contributed by atoms with Crippen LogP contribution < -0.4 is 5.43 Å². The molecule has 0 bridgehead atoms. The van der Waals surface area contributed by atoms with Gasteiger partial charge >= 0.3 is 0 Å². The molecule has 0 aromatic rings. The van der Waals surface area contributed by atoms with E-state index in [1.54, 1.807) is 6.07 Å². The Balaban J connectivity index is 1.52. The third kappa shape index (κ3) is 4.45. The van der Waals surface area contributed by atoms with Gasteiger partial charge in [0.2, 0.25) is 0 Å². The maximum absolute atomic E-state index is 13.5. The van der Waals surface area contributed by atoms with Crippen LogP contribution in [0.15, 0.2) is 45.4 Å². The van der Waals surface area contributed by atoms with Crippen LogP contribution >= 0.6 is 0 Å². The van der Waals surface area contributed by atoms with Gasteiger partial charge in [-0.05, 0) is 70.1 Å². The van der Waals surface area contributed by atoms with Crippen LogP contribution in [0.4, 0.5) is 0 Å². The van der Waals surface area contributed by atoms with Gasteiger partial charge in [0.15, 0.2) is 5.43 Å². The summed E-state index contributed by atoms with van der Waals surface area (Å²) in [5.74, 6) is 0.0108. The van der Waals surface area contributed by atoms with Crippen molar-refractivity contribution in [1.82, 2.24) is 14.5 Å². The van der Waals surface area contributed by atoms with E-state index < -0.39 is 0 Å². The van der Waals surface area contributed by atoms with Crippen molar-refractivity contribution in [1.29, 1.82) is 0 Å². The highest BCUT2D eigenvalue weighted by atomic mass is 16.5. The van der Waals surface area contributed by atoms with Crippen molar-refractivity contribution in [2.75, 3.05) is 52.4 Å². The van der Waals surface area contributed by atoms with Gasteiger partial charge in [-0.2, -0.15) is 0 Å². The highest BCUT2D eigenvalue weighted by molar-refractivity contribution is 6.27. The Kier molecular flexibility index (Phi) is 6.28. The lowest BCUT2D eigenvalue weighted by Gasteiger charge is -2.21.